The molecule has 7 nitrogen and oxygen atoms in total. The van der Waals surface area contributed by atoms with Crippen molar-refractivity contribution in [1.82, 2.24) is 0 Å². The van der Waals surface area contributed by atoms with Crippen LogP contribution in [-0.4, -0.2) is 73.2 Å². The average molecular weight is 611 g/mol. The molecule has 0 aliphatic carbocycles. The molecule has 0 aliphatic heterocycles. The van der Waals surface area contributed by atoms with Crippen molar-refractivity contribution in [3.05, 3.63) is 0 Å². The van der Waals surface area contributed by atoms with Gasteiger partial charge in [0.05, 0.1) is 60.2 Å². The van der Waals surface area contributed by atoms with Gasteiger partial charge in [-0.15, -0.1) is 0 Å². The van der Waals surface area contributed by atoms with Crippen molar-refractivity contribution in [3.63, 3.8) is 0 Å². The van der Waals surface area contributed by atoms with Gasteiger partial charge >= 0.3 is 0 Å². The molecule has 252 valence electrons. The molecule has 0 saturated heterocycles. The molecule has 0 heterocycles. The van der Waals surface area contributed by atoms with Crippen LogP contribution in [0.25, 0.3) is 0 Å². The Morgan fingerprint density at radius 3 is 0.707 bits per heavy atom. The van der Waals surface area contributed by atoms with Crippen LogP contribution < -0.4 is 9.79 Å². The van der Waals surface area contributed by atoms with E-state index in [0.717, 1.165) is 0 Å². The molecule has 0 aliphatic rings. The second-order valence-electron chi connectivity index (χ2n) is 12.0. The van der Waals surface area contributed by atoms with Crippen molar-refractivity contribution in [1.29, 1.82) is 0 Å². The average Bonchev–Trinajstić information content (AvgIpc) is 2.95. The molecule has 0 aromatic rings. The molecule has 0 atom stereocenters. The zero-order valence-electron chi connectivity index (χ0n) is 29.1. The third-order valence-corrected chi connectivity index (χ3v) is 8.54. The van der Waals surface area contributed by atoms with Crippen molar-refractivity contribution in [2.24, 2.45) is 0 Å². The molecule has 8 heteroatoms. The summed E-state index contributed by atoms with van der Waals surface area (Å²) in [5.74, 6) is 0. The van der Waals surface area contributed by atoms with E-state index >= 15 is 0 Å². The predicted octanol–water partition coefficient (Wildman–Crippen LogP) is 7.79. The summed E-state index contributed by atoms with van der Waals surface area (Å²) in [6.45, 7) is 29.0. The minimum absolute atomic E-state index is 1.08. The van der Waals surface area contributed by atoms with Crippen LogP contribution in [0.2, 0.25) is 0 Å². The van der Waals surface area contributed by atoms with Gasteiger partial charge in [-0.1, -0.05) is 107 Å². The van der Waals surface area contributed by atoms with Crippen LogP contribution >= 0.6 is 7.82 Å². The quantitative estimate of drug-likeness (QED) is 0.0613. The number of phosphoric ester groups is 1. The van der Waals surface area contributed by atoms with Gasteiger partial charge in [0.25, 0.3) is 0 Å². The Morgan fingerprint density at radius 1 is 0.463 bits per heavy atom. The van der Waals surface area contributed by atoms with Crippen molar-refractivity contribution in [2.75, 3.05) is 59.2 Å². The number of hydrogen-bond donors (Lipinski definition) is 1. The zero-order chi connectivity index (χ0) is 31.9. The molecule has 1 N–H and O–H groups in total. The molecule has 0 amide bonds. The van der Waals surface area contributed by atoms with Gasteiger partial charge in [-0.25, -0.2) is 0 Å². The first-order chi connectivity index (χ1) is 19.5. The van der Waals surface area contributed by atoms with Gasteiger partial charge in [-0.3, -0.25) is 0 Å². The monoisotopic (exact) mass is 611 g/mol. The standard InChI is InChI=1S/2C16H36N.CH5O5P/c2*1-5-9-13-17(14-10-6-2,15-11-7-3)16-12-8-4;2-1-6-7(3,4)5/h2*5-16H2,1-4H3;2H,1H2,(H2,3,4,5)/q2*+1;/p-2. The first-order valence-corrected chi connectivity index (χ1v) is 19.0. The fourth-order valence-electron chi connectivity index (χ4n) is 5.36. The molecule has 0 unspecified atom stereocenters. The fourth-order valence-corrected chi connectivity index (χ4v) is 5.50. The van der Waals surface area contributed by atoms with Crippen molar-refractivity contribution < 1.29 is 32.9 Å². The number of quaternary nitrogens is 2. The smallest absolute Gasteiger partial charge is 0.148 e. The minimum atomic E-state index is -4.92. The van der Waals surface area contributed by atoms with Gasteiger partial charge in [0.2, 0.25) is 0 Å². The van der Waals surface area contributed by atoms with E-state index in [1.54, 1.807) is 0 Å². The van der Waals surface area contributed by atoms with Gasteiger partial charge in [-0.2, -0.15) is 0 Å². The van der Waals surface area contributed by atoms with Gasteiger partial charge in [-0.05, 0) is 51.4 Å². The summed E-state index contributed by atoms with van der Waals surface area (Å²) in [5.41, 5.74) is 0. The number of unbranched alkanes of at least 4 members (excludes halogenated alkanes) is 8. The predicted molar refractivity (Wildman–Crippen MR) is 174 cm³/mol. The van der Waals surface area contributed by atoms with Crippen LogP contribution in [-0.2, 0) is 9.09 Å². The summed E-state index contributed by atoms with van der Waals surface area (Å²) in [7, 11) is -4.92. The maximum Gasteiger partial charge on any atom is 0.148 e. The highest BCUT2D eigenvalue weighted by Crippen LogP contribution is 2.22. The van der Waals surface area contributed by atoms with Crippen molar-refractivity contribution in [3.8, 4) is 0 Å². The molecule has 0 aromatic carbocycles. The number of hydrogen-bond acceptors (Lipinski definition) is 5. The summed E-state index contributed by atoms with van der Waals surface area (Å²) in [6, 6.07) is 0. The molecule has 0 bridgehead atoms. The summed E-state index contributed by atoms with van der Waals surface area (Å²) in [5, 5.41) is 7.61. The molecular formula is C33H75N2O5P. The SMILES string of the molecule is CCCC[N+](CCCC)(CCCC)CCCC.CCCC[N+](CCCC)(CCCC)CCCC.O=P([O-])([O-])OCO. The largest absolute Gasteiger partial charge is 0.790 e. The van der Waals surface area contributed by atoms with Crippen LogP contribution in [0.1, 0.15) is 158 Å². The Labute approximate surface area is 257 Å². The molecule has 0 fully saturated rings. The maximum atomic E-state index is 9.32. The second kappa shape index (κ2) is 31.4. The van der Waals surface area contributed by atoms with E-state index in [0.29, 0.717) is 0 Å². The minimum Gasteiger partial charge on any atom is -0.790 e. The molecule has 0 aromatic heterocycles. The van der Waals surface area contributed by atoms with Gasteiger partial charge < -0.3 is 32.9 Å². The highest BCUT2D eigenvalue weighted by Gasteiger charge is 2.25. The summed E-state index contributed by atoms with van der Waals surface area (Å²) in [4.78, 5) is 18.6. The number of aliphatic hydroxyl groups is 1. The second-order valence-corrected chi connectivity index (χ2v) is 13.2. The number of phosphoric acid groups is 1. The molecule has 0 radical (unpaired) electrons. The van der Waals surface area contributed by atoms with E-state index < -0.39 is 14.6 Å². The molecule has 0 spiro atoms. The van der Waals surface area contributed by atoms with Crippen LogP contribution in [0.3, 0.4) is 0 Å². The first-order valence-electron chi connectivity index (χ1n) is 17.5. The Morgan fingerprint density at radius 2 is 0.634 bits per heavy atom. The Kier molecular flexibility index (Phi) is 34.8. The van der Waals surface area contributed by atoms with E-state index in [-0.39, 0.29) is 0 Å². The summed E-state index contributed by atoms with van der Waals surface area (Å²) < 4.78 is 15.4. The Balaban J connectivity index is -0.000000574. The van der Waals surface area contributed by atoms with Gasteiger partial charge in [0.15, 0.2) is 0 Å². The van der Waals surface area contributed by atoms with E-state index in [4.69, 9.17) is 5.11 Å². The van der Waals surface area contributed by atoms with Gasteiger partial charge in [0, 0.05) is 0 Å². The lowest BCUT2D eigenvalue weighted by atomic mass is 10.1. The van der Waals surface area contributed by atoms with E-state index in [2.05, 4.69) is 59.9 Å². The number of nitrogens with zero attached hydrogens (tertiary/aromatic N) is 2. The van der Waals surface area contributed by atoms with Crippen molar-refractivity contribution in [2.45, 2.75) is 158 Å². The highest BCUT2D eigenvalue weighted by molar-refractivity contribution is 7.43. The van der Waals surface area contributed by atoms with Crippen LogP contribution in [0.4, 0.5) is 0 Å². The van der Waals surface area contributed by atoms with E-state index in [1.165, 1.54) is 164 Å². The molecule has 41 heavy (non-hydrogen) atoms. The maximum absolute atomic E-state index is 9.32. The fraction of sp³-hybridized carbons (Fsp3) is 1.00. The van der Waals surface area contributed by atoms with Crippen LogP contribution in [0.15, 0.2) is 0 Å². The molecule has 0 saturated carbocycles. The highest BCUT2D eigenvalue weighted by atomic mass is 31.2. The summed E-state index contributed by atoms with van der Waals surface area (Å²) >= 11 is 0. The summed E-state index contributed by atoms with van der Waals surface area (Å²) in [6.07, 6.45) is 22.1. The third kappa shape index (κ3) is 29.8. The Hall–Kier alpha value is -0.0100. The third-order valence-electron chi connectivity index (χ3n) is 8.10. The normalized spacial score (nSPS) is 12.0. The molecule has 0 rings (SSSR count). The topological polar surface area (TPSA) is 92.7 Å². The molecular weight excluding hydrogens is 535 g/mol. The number of rotatable bonds is 26. The lowest BCUT2D eigenvalue weighted by Crippen LogP contribution is -2.50. The van der Waals surface area contributed by atoms with E-state index in [9.17, 15) is 14.4 Å². The lowest BCUT2D eigenvalue weighted by Gasteiger charge is -2.39. The van der Waals surface area contributed by atoms with Crippen LogP contribution in [0, 0.1) is 0 Å². The van der Waals surface area contributed by atoms with Crippen molar-refractivity contribution >= 4 is 7.82 Å². The van der Waals surface area contributed by atoms with E-state index in [1.807, 2.05) is 0 Å². The lowest BCUT2D eigenvalue weighted by molar-refractivity contribution is -0.929. The zero-order valence-corrected chi connectivity index (χ0v) is 30.0. The van der Waals surface area contributed by atoms with Gasteiger partial charge in [0.1, 0.15) is 6.79 Å². The first kappa shape index (κ1) is 45.4. The number of aliphatic hydroxyl groups excluding tert-OH is 1. The van der Waals surface area contributed by atoms with Crippen LogP contribution in [0.5, 0.6) is 0 Å². The Bertz CT molecular complexity index is 449.